The zero-order valence-electron chi connectivity index (χ0n) is 10.6. The van der Waals surface area contributed by atoms with Gasteiger partial charge in [-0.25, -0.2) is 0 Å². The normalized spacial score (nSPS) is 11.1. The summed E-state index contributed by atoms with van der Waals surface area (Å²) in [5.41, 5.74) is 1.01. The SMILES string of the molecule is C=CCC(CC=C)(CC=C)Cn1cc(C)nn1. The Morgan fingerprint density at radius 1 is 1.18 bits per heavy atom. The molecular formula is C14H21N3. The molecular weight excluding hydrogens is 210 g/mol. The molecule has 1 heterocycles. The van der Waals surface area contributed by atoms with Crippen molar-refractivity contribution in [1.29, 1.82) is 0 Å². The highest BCUT2D eigenvalue weighted by Gasteiger charge is 2.27. The highest BCUT2D eigenvalue weighted by Crippen LogP contribution is 2.34. The van der Waals surface area contributed by atoms with Crippen LogP contribution in [0.2, 0.25) is 0 Å². The van der Waals surface area contributed by atoms with Crippen LogP contribution in [0.15, 0.2) is 44.2 Å². The summed E-state index contributed by atoms with van der Waals surface area (Å²) in [6.45, 7) is 14.3. The van der Waals surface area contributed by atoms with Crippen molar-refractivity contribution in [3.63, 3.8) is 0 Å². The third kappa shape index (κ3) is 3.70. The smallest absolute Gasteiger partial charge is 0.0796 e. The first kappa shape index (κ1) is 13.4. The van der Waals surface area contributed by atoms with Crippen molar-refractivity contribution in [1.82, 2.24) is 15.0 Å². The molecule has 0 amide bonds. The van der Waals surface area contributed by atoms with E-state index >= 15 is 0 Å². The largest absolute Gasteiger partial charge is 0.252 e. The average Bonchev–Trinajstić information content (AvgIpc) is 2.65. The lowest BCUT2D eigenvalue weighted by atomic mass is 9.78. The highest BCUT2D eigenvalue weighted by molar-refractivity contribution is 4.97. The molecule has 0 aliphatic carbocycles. The van der Waals surface area contributed by atoms with Crippen molar-refractivity contribution in [3.8, 4) is 0 Å². The van der Waals surface area contributed by atoms with Crippen molar-refractivity contribution >= 4 is 0 Å². The van der Waals surface area contributed by atoms with Gasteiger partial charge in [-0.1, -0.05) is 23.4 Å². The second-order valence-electron chi connectivity index (χ2n) is 4.54. The molecule has 17 heavy (non-hydrogen) atoms. The van der Waals surface area contributed by atoms with Gasteiger partial charge in [0.1, 0.15) is 0 Å². The van der Waals surface area contributed by atoms with Gasteiger partial charge >= 0.3 is 0 Å². The quantitative estimate of drug-likeness (QED) is 0.643. The van der Waals surface area contributed by atoms with Crippen LogP contribution in [0, 0.1) is 12.3 Å². The molecule has 0 saturated carbocycles. The monoisotopic (exact) mass is 231 g/mol. The molecule has 0 aliphatic rings. The van der Waals surface area contributed by atoms with Crippen molar-refractivity contribution in [3.05, 3.63) is 49.9 Å². The van der Waals surface area contributed by atoms with Crippen LogP contribution in [0.1, 0.15) is 25.0 Å². The Morgan fingerprint density at radius 2 is 1.71 bits per heavy atom. The molecule has 0 unspecified atom stereocenters. The lowest BCUT2D eigenvalue weighted by molar-refractivity contribution is 0.234. The Labute approximate surface area is 104 Å². The first-order valence-electron chi connectivity index (χ1n) is 5.85. The van der Waals surface area contributed by atoms with Crippen LogP contribution in [0.25, 0.3) is 0 Å². The molecule has 3 nitrogen and oxygen atoms in total. The van der Waals surface area contributed by atoms with Crippen LogP contribution in [0.3, 0.4) is 0 Å². The maximum Gasteiger partial charge on any atom is 0.0796 e. The van der Waals surface area contributed by atoms with Crippen molar-refractivity contribution < 1.29 is 0 Å². The number of nitrogens with zero attached hydrogens (tertiary/aromatic N) is 3. The molecule has 1 aromatic heterocycles. The average molecular weight is 231 g/mol. The van der Waals surface area contributed by atoms with Gasteiger partial charge in [-0.05, 0) is 26.2 Å². The fraction of sp³-hybridized carbons (Fsp3) is 0.429. The van der Waals surface area contributed by atoms with Gasteiger partial charge in [0, 0.05) is 18.2 Å². The molecule has 0 aliphatic heterocycles. The first-order chi connectivity index (χ1) is 8.15. The van der Waals surface area contributed by atoms with Crippen molar-refractivity contribution in [2.45, 2.75) is 32.7 Å². The van der Waals surface area contributed by atoms with Gasteiger partial charge in [0.05, 0.1) is 5.69 Å². The van der Waals surface area contributed by atoms with E-state index in [2.05, 4.69) is 30.0 Å². The van der Waals surface area contributed by atoms with Gasteiger partial charge in [-0.2, -0.15) is 0 Å². The van der Waals surface area contributed by atoms with Crippen LogP contribution in [-0.2, 0) is 6.54 Å². The molecule has 0 spiro atoms. The van der Waals surface area contributed by atoms with E-state index in [4.69, 9.17) is 0 Å². The van der Waals surface area contributed by atoms with E-state index in [1.807, 2.05) is 36.0 Å². The zero-order valence-corrected chi connectivity index (χ0v) is 10.6. The van der Waals surface area contributed by atoms with Crippen molar-refractivity contribution in [2.75, 3.05) is 0 Å². The van der Waals surface area contributed by atoms with E-state index < -0.39 is 0 Å². The minimum absolute atomic E-state index is 0.0748. The molecule has 0 aromatic carbocycles. The summed E-state index contributed by atoms with van der Waals surface area (Å²) in [5.74, 6) is 0. The van der Waals surface area contributed by atoms with E-state index in [1.165, 1.54) is 0 Å². The molecule has 3 heteroatoms. The lowest BCUT2D eigenvalue weighted by Gasteiger charge is -2.30. The van der Waals surface area contributed by atoms with Gasteiger partial charge < -0.3 is 0 Å². The Hall–Kier alpha value is -1.64. The van der Waals surface area contributed by atoms with Crippen molar-refractivity contribution in [2.24, 2.45) is 5.41 Å². The summed E-state index contributed by atoms with van der Waals surface area (Å²) in [7, 11) is 0. The number of aromatic nitrogens is 3. The fourth-order valence-electron chi connectivity index (χ4n) is 2.18. The minimum Gasteiger partial charge on any atom is -0.252 e. The van der Waals surface area contributed by atoms with Crippen LogP contribution in [0.4, 0.5) is 0 Å². The maximum absolute atomic E-state index is 4.11. The topological polar surface area (TPSA) is 30.7 Å². The van der Waals surface area contributed by atoms with Gasteiger partial charge in [0.2, 0.25) is 0 Å². The van der Waals surface area contributed by atoms with Gasteiger partial charge in [-0.15, -0.1) is 24.8 Å². The van der Waals surface area contributed by atoms with Crippen LogP contribution in [-0.4, -0.2) is 15.0 Å². The van der Waals surface area contributed by atoms with Gasteiger partial charge in [0.15, 0.2) is 0 Å². The summed E-state index contributed by atoms with van der Waals surface area (Å²) in [6.07, 6.45) is 10.6. The Kier molecular flexibility index (Phi) is 4.88. The first-order valence-corrected chi connectivity index (χ1v) is 5.85. The maximum atomic E-state index is 4.11. The Bertz CT molecular complexity index is 363. The van der Waals surface area contributed by atoms with E-state index in [-0.39, 0.29) is 5.41 Å². The van der Waals surface area contributed by atoms with Gasteiger partial charge in [-0.3, -0.25) is 4.68 Å². The molecule has 92 valence electrons. The summed E-state index contributed by atoms with van der Waals surface area (Å²) in [5, 5.41) is 8.13. The minimum atomic E-state index is 0.0748. The fourth-order valence-corrected chi connectivity index (χ4v) is 2.18. The highest BCUT2D eigenvalue weighted by atomic mass is 15.4. The Balaban J connectivity index is 2.89. The van der Waals surface area contributed by atoms with E-state index in [0.717, 1.165) is 31.5 Å². The molecule has 0 fully saturated rings. The Morgan fingerprint density at radius 3 is 2.06 bits per heavy atom. The van der Waals surface area contributed by atoms with Crippen LogP contribution >= 0.6 is 0 Å². The zero-order chi connectivity index (χ0) is 12.7. The second-order valence-corrected chi connectivity index (χ2v) is 4.54. The number of hydrogen-bond donors (Lipinski definition) is 0. The molecule has 0 bridgehead atoms. The van der Waals surface area contributed by atoms with E-state index in [0.29, 0.717) is 0 Å². The summed E-state index contributed by atoms with van der Waals surface area (Å²) >= 11 is 0. The van der Waals surface area contributed by atoms with Crippen LogP contribution in [0.5, 0.6) is 0 Å². The number of aryl methyl sites for hydroxylation is 1. The third-order valence-electron chi connectivity index (χ3n) is 2.88. The standard InChI is InChI=1S/C14H21N3/c1-5-8-14(9-6-2,10-7-3)12-17-11-13(4)15-16-17/h5-7,11H,1-3,8-10,12H2,4H3. The molecule has 1 rings (SSSR count). The molecule has 0 N–H and O–H groups in total. The van der Waals surface area contributed by atoms with E-state index in [9.17, 15) is 0 Å². The number of allylic oxidation sites excluding steroid dienone is 3. The van der Waals surface area contributed by atoms with Crippen LogP contribution < -0.4 is 0 Å². The molecule has 0 atom stereocenters. The summed E-state index contributed by atoms with van der Waals surface area (Å²) < 4.78 is 1.89. The second kappa shape index (κ2) is 6.18. The number of hydrogen-bond acceptors (Lipinski definition) is 2. The summed E-state index contributed by atoms with van der Waals surface area (Å²) in [6, 6.07) is 0. The lowest BCUT2D eigenvalue weighted by Crippen LogP contribution is -2.26. The molecule has 0 saturated heterocycles. The number of rotatable bonds is 8. The molecule has 0 radical (unpaired) electrons. The van der Waals surface area contributed by atoms with E-state index in [1.54, 1.807) is 0 Å². The molecule has 1 aromatic rings. The predicted octanol–water partition coefficient (Wildman–Crippen LogP) is 3.30. The summed E-state index contributed by atoms with van der Waals surface area (Å²) in [4.78, 5) is 0. The van der Waals surface area contributed by atoms with Gasteiger partial charge in [0.25, 0.3) is 0 Å². The predicted molar refractivity (Wildman–Crippen MR) is 71.6 cm³/mol. The third-order valence-corrected chi connectivity index (χ3v) is 2.88.